The number of rotatable bonds is 6. The lowest BCUT2D eigenvalue weighted by atomic mass is 9.95. The molecule has 2 aromatic carbocycles. The molecule has 152 valence electrons. The first-order valence-corrected chi connectivity index (χ1v) is 9.17. The number of Topliss-reactive ketones (excluding diaryl/α,β-unsaturated/α-hetero) is 1. The summed E-state index contributed by atoms with van der Waals surface area (Å²) in [6.07, 6.45) is 0. The van der Waals surface area contributed by atoms with Gasteiger partial charge in [-0.2, -0.15) is 0 Å². The van der Waals surface area contributed by atoms with E-state index in [4.69, 9.17) is 21.1 Å². The Morgan fingerprint density at radius 3 is 2.45 bits per heavy atom. The molecule has 3 rings (SSSR count). The van der Waals surface area contributed by atoms with Gasteiger partial charge >= 0.3 is 0 Å². The molecule has 1 saturated heterocycles. The van der Waals surface area contributed by atoms with Gasteiger partial charge in [-0.25, -0.2) is 0 Å². The van der Waals surface area contributed by atoms with E-state index in [9.17, 15) is 19.8 Å². The van der Waals surface area contributed by atoms with E-state index in [2.05, 4.69) is 0 Å². The highest BCUT2D eigenvalue weighted by atomic mass is 35.5. The maximum atomic E-state index is 12.9. The minimum Gasteiger partial charge on any atom is -0.508 e. The predicted molar refractivity (Wildman–Crippen MR) is 107 cm³/mol. The number of aliphatic hydroxyl groups excluding tert-OH is 1. The summed E-state index contributed by atoms with van der Waals surface area (Å²) in [5.41, 5.74) is 0.673. The van der Waals surface area contributed by atoms with Crippen LogP contribution in [0.25, 0.3) is 5.76 Å². The van der Waals surface area contributed by atoms with Crippen LogP contribution in [0.3, 0.4) is 0 Å². The quantitative estimate of drug-likeness (QED) is 0.426. The highest BCUT2D eigenvalue weighted by Gasteiger charge is 2.46. The average Bonchev–Trinajstić information content (AvgIpc) is 2.97. The van der Waals surface area contributed by atoms with Crippen molar-refractivity contribution in [3.63, 3.8) is 0 Å². The number of phenolic OH excluding ortho intramolecular Hbond substituents is 1. The van der Waals surface area contributed by atoms with E-state index in [1.165, 1.54) is 37.3 Å². The van der Waals surface area contributed by atoms with Crippen LogP contribution in [-0.2, 0) is 14.3 Å². The van der Waals surface area contributed by atoms with Crippen LogP contribution in [0.15, 0.2) is 48.0 Å². The minimum absolute atomic E-state index is 0.0408. The fraction of sp³-hybridized carbons (Fsp3) is 0.238. The van der Waals surface area contributed by atoms with Crippen molar-refractivity contribution in [3.05, 3.63) is 64.2 Å². The standard InChI is InChI=1S/C21H20ClNO6/c1-28-10-9-23-18(12-3-6-14(24)7-4-12)17(20(26)21(23)27)19(25)15-11-13(22)5-8-16(15)29-2/h3-8,11,18,24-25H,9-10H2,1-2H3/b19-17+. The van der Waals surface area contributed by atoms with Gasteiger partial charge in [-0.1, -0.05) is 23.7 Å². The van der Waals surface area contributed by atoms with E-state index < -0.39 is 17.7 Å². The summed E-state index contributed by atoms with van der Waals surface area (Å²) < 4.78 is 10.3. The smallest absolute Gasteiger partial charge is 0.295 e. The predicted octanol–water partition coefficient (Wildman–Crippen LogP) is 3.12. The van der Waals surface area contributed by atoms with E-state index >= 15 is 0 Å². The molecule has 7 nitrogen and oxygen atoms in total. The van der Waals surface area contributed by atoms with E-state index in [1.54, 1.807) is 24.3 Å². The molecule has 1 amide bonds. The number of benzene rings is 2. The lowest BCUT2D eigenvalue weighted by Crippen LogP contribution is -2.32. The number of phenols is 1. The average molecular weight is 418 g/mol. The second-order valence-corrected chi connectivity index (χ2v) is 6.86. The van der Waals surface area contributed by atoms with Gasteiger partial charge in [0.1, 0.15) is 17.3 Å². The van der Waals surface area contributed by atoms with Gasteiger partial charge in [-0.15, -0.1) is 0 Å². The first-order chi connectivity index (χ1) is 13.9. The highest BCUT2D eigenvalue weighted by Crippen LogP contribution is 2.41. The molecule has 1 aliphatic rings. The van der Waals surface area contributed by atoms with Gasteiger partial charge in [0, 0.05) is 18.7 Å². The molecule has 1 unspecified atom stereocenters. The number of ketones is 1. The Labute approximate surface area is 172 Å². The Morgan fingerprint density at radius 2 is 1.83 bits per heavy atom. The molecule has 29 heavy (non-hydrogen) atoms. The number of amides is 1. The Bertz CT molecular complexity index is 970. The minimum atomic E-state index is -0.852. The molecule has 0 aromatic heterocycles. The molecule has 1 heterocycles. The van der Waals surface area contributed by atoms with Gasteiger partial charge < -0.3 is 24.6 Å². The number of aliphatic hydroxyl groups is 1. The van der Waals surface area contributed by atoms with Gasteiger partial charge in [0.05, 0.1) is 30.9 Å². The number of hydrogen-bond donors (Lipinski definition) is 2. The summed E-state index contributed by atoms with van der Waals surface area (Å²) in [5.74, 6) is -1.61. The molecule has 0 saturated carbocycles. The number of methoxy groups -OCH3 is 2. The Balaban J connectivity index is 2.22. The molecular weight excluding hydrogens is 398 g/mol. The van der Waals surface area contributed by atoms with Crippen molar-refractivity contribution >= 4 is 29.1 Å². The van der Waals surface area contributed by atoms with E-state index in [1.807, 2.05) is 0 Å². The van der Waals surface area contributed by atoms with Crippen molar-refractivity contribution in [1.82, 2.24) is 4.90 Å². The van der Waals surface area contributed by atoms with Crippen molar-refractivity contribution in [1.29, 1.82) is 0 Å². The molecular formula is C21H20ClNO6. The number of nitrogens with zero attached hydrogens (tertiary/aromatic N) is 1. The highest BCUT2D eigenvalue weighted by molar-refractivity contribution is 6.46. The monoisotopic (exact) mass is 417 g/mol. The Kier molecular flexibility index (Phi) is 6.10. The summed E-state index contributed by atoms with van der Waals surface area (Å²) in [6.45, 7) is 0.359. The fourth-order valence-corrected chi connectivity index (χ4v) is 3.49. The zero-order valence-corrected chi connectivity index (χ0v) is 16.6. The summed E-state index contributed by atoms with van der Waals surface area (Å²) in [7, 11) is 2.91. The SMILES string of the molecule is COCCN1C(=O)C(=O)/C(=C(/O)c2cc(Cl)ccc2OC)C1c1ccc(O)cc1. The van der Waals surface area contributed by atoms with Crippen molar-refractivity contribution in [2.24, 2.45) is 0 Å². The molecule has 0 aliphatic carbocycles. The van der Waals surface area contributed by atoms with Gasteiger partial charge in [0.25, 0.3) is 11.7 Å². The topological polar surface area (TPSA) is 96.3 Å². The van der Waals surface area contributed by atoms with Crippen LogP contribution >= 0.6 is 11.6 Å². The molecule has 1 aliphatic heterocycles. The largest absolute Gasteiger partial charge is 0.508 e. The van der Waals surface area contributed by atoms with Gasteiger partial charge in [0.2, 0.25) is 0 Å². The number of carbonyl (C=O) groups excluding carboxylic acids is 2. The van der Waals surface area contributed by atoms with Crippen molar-refractivity contribution in [2.45, 2.75) is 6.04 Å². The van der Waals surface area contributed by atoms with E-state index in [0.29, 0.717) is 16.3 Å². The van der Waals surface area contributed by atoms with Crippen LogP contribution < -0.4 is 4.74 Å². The second kappa shape index (κ2) is 8.55. The third kappa shape index (κ3) is 3.92. The number of carbonyl (C=O) groups is 2. The summed E-state index contributed by atoms with van der Waals surface area (Å²) in [6, 6.07) is 9.85. The molecule has 0 radical (unpaired) electrons. The van der Waals surface area contributed by atoms with Crippen molar-refractivity contribution in [2.75, 3.05) is 27.4 Å². The number of aromatic hydroxyl groups is 1. The molecule has 2 aromatic rings. The van der Waals surface area contributed by atoms with E-state index in [-0.39, 0.29) is 35.8 Å². The van der Waals surface area contributed by atoms with Gasteiger partial charge in [-0.3, -0.25) is 9.59 Å². The summed E-state index contributed by atoms with van der Waals surface area (Å²) >= 11 is 6.06. The molecule has 1 atom stereocenters. The Morgan fingerprint density at radius 1 is 1.14 bits per heavy atom. The second-order valence-electron chi connectivity index (χ2n) is 6.42. The summed E-state index contributed by atoms with van der Waals surface area (Å²) in [4.78, 5) is 26.9. The molecule has 0 spiro atoms. The fourth-order valence-electron chi connectivity index (χ4n) is 3.31. The number of hydrogen-bond acceptors (Lipinski definition) is 6. The van der Waals surface area contributed by atoms with Crippen LogP contribution in [0.4, 0.5) is 0 Å². The number of halogens is 1. The van der Waals surface area contributed by atoms with Crippen LogP contribution in [-0.4, -0.2) is 54.2 Å². The maximum absolute atomic E-state index is 12.9. The molecule has 8 heteroatoms. The van der Waals surface area contributed by atoms with E-state index in [0.717, 1.165) is 0 Å². The Hall–Kier alpha value is -3.03. The molecule has 1 fully saturated rings. The first kappa shape index (κ1) is 20.7. The van der Waals surface area contributed by atoms with Crippen molar-refractivity contribution in [3.8, 4) is 11.5 Å². The maximum Gasteiger partial charge on any atom is 0.295 e. The lowest BCUT2D eigenvalue weighted by molar-refractivity contribution is -0.140. The summed E-state index contributed by atoms with van der Waals surface area (Å²) in [5, 5.41) is 21.0. The zero-order valence-electron chi connectivity index (χ0n) is 15.9. The molecule has 0 bridgehead atoms. The third-order valence-electron chi connectivity index (χ3n) is 4.70. The van der Waals surface area contributed by atoms with Crippen molar-refractivity contribution < 1.29 is 29.3 Å². The zero-order chi connectivity index (χ0) is 21.1. The normalized spacial score (nSPS) is 18.3. The number of likely N-dealkylation sites (tertiary alicyclic amines) is 1. The van der Waals surface area contributed by atoms with Crippen LogP contribution in [0.2, 0.25) is 5.02 Å². The van der Waals surface area contributed by atoms with Gasteiger partial charge in [-0.05, 0) is 35.9 Å². The third-order valence-corrected chi connectivity index (χ3v) is 4.94. The van der Waals surface area contributed by atoms with Gasteiger partial charge in [0.15, 0.2) is 0 Å². The van der Waals surface area contributed by atoms with Crippen LogP contribution in [0.5, 0.6) is 11.5 Å². The number of ether oxygens (including phenoxy) is 2. The van der Waals surface area contributed by atoms with Crippen LogP contribution in [0.1, 0.15) is 17.2 Å². The molecule has 2 N–H and O–H groups in total. The first-order valence-electron chi connectivity index (χ1n) is 8.79. The van der Waals surface area contributed by atoms with Crippen LogP contribution in [0, 0.1) is 0 Å². The lowest BCUT2D eigenvalue weighted by Gasteiger charge is -2.25.